The normalized spacial score (nSPS) is 11.4. The van der Waals surface area contributed by atoms with Crippen LogP contribution in [0.15, 0.2) is 29.8 Å². The molecule has 0 aromatic heterocycles. The third kappa shape index (κ3) is 4.06. The lowest BCUT2D eigenvalue weighted by molar-refractivity contribution is -0.143. The maximum atomic E-state index is 11.9. The molecule has 0 saturated carbocycles. The van der Waals surface area contributed by atoms with Crippen LogP contribution in [0.2, 0.25) is 5.02 Å². The van der Waals surface area contributed by atoms with Crippen LogP contribution < -0.4 is 5.32 Å². The molecule has 0 radical (unpaired) electrons. The Morgan fingerprint density at radius 2 is 1.81 bits per heavy atom. The topological polar surface area (TPSA) is 92.7 Å². The number of Topliss-reactive ketones (excluding diaryl/α,β-unsaturated/α-hetero) is 1. The van der Waals surface area contributed by atoms with Gasteiger partial charge in [-0.05, 0) is 31.2 Å². The Morgan fingerprint density at radius 1 is 1.24 bits per heavy atom. The number of ketones is 1. The number of rotatable bonds is 5. The van der Waals surface area contributed by atoms with Crippen LogP contribution >= 0.6 is 11.6 Å². The van der Waals surface area contributed by atoms with E-state index in [0.717, 1.165) is 0 Å². The average Bonchev–Trinajstić information content (AvgIpc) is 2.47. The summed E-state index contributed by atoms with van der Waals surface area (Å²) in [5, 5.41) is 12.6. The summed E-state index contributed by atoms with van der Waals surface area (Å²) in [4.78, 5) is 35.2. The highest BCUT2D eigenvalue weighted by Crippen LogP contribution is 2.20. The summed E-state index contributed by atoms with van der Waals surface area (Å²) in [6.07, 6.45) is 0. The van der Waals surface area contributed by atoms with E-state index in [4.69, 9.17) is 16.3 Å². The lowest BCUT2D eigenvalue weighted by Gasteiger charge is -2.09. The van der Waals surface area contributed by atoms with E-state index in [1.54, 1.807) is 6.92 Å². The fourth-order valence-electron chi connectivity index (χ4n) is 1.48. The van der Waals surface area contributed by atoms with Crippen molar-refractivity contribution in [2.75, 3.05) is 13.7 Å². The Morgan fingerprint density at radius 3 is 2.29 bits per heavy atom. The van der Waals surface area contributed by atoms with Gasteiger partial charge < -0.3 is 15.2 Å². The lowest BCUT2D eigenvalue weighted by atomic mass is 10.0. The van der Waals surface area contributed by atoms with Gasteiger partial charge in [-0.15, -0.1) is 0 Å². The fraction of sp³-hybridized carbons (Fsp3) is 0.214. The number of hydrogen-bond donors (Lipinski definition) is 2. The van der Waals surface area contributed by atoms with E-state index < -0.39 is 29.0 Å². The van der Waals surface area contributed by atoms with Crippen molar-refractivity contribution in [1.82, 2.24) is 5.32 Å². The van der Waals surface area contributed by atoms with Gasteiger partial charge in [0.05, 0.1) is 6.61 Å². The molecule has 21 heavy (non-hydrogen) atoms. The van der Waals surface area contributed by atoms with Gasteiger partial charge in [-0.3, -0.25) is 9.59 Å². The molecule has 0 aliphatic rings. The van der Waals surface area contributed by atoms with Crippen molar-refractivity contribution in [2.45, 2.75) is 6.92 Å². The summed E-state index contributed by atoms with van der Waals surface area (Å²) in [5.41, 5.74) is -0.557. The number of likely N-dealkylation sites (N-methyl/N-ethyl adjacent to an activating group) is 1. The molecule has 7 heteroatoms. The van der Waals surface area contributed by atoms with Crippen LogP contribution in [0.3, 0.4) is 0 Å². The van der Waals surface area contributed by atoms with Gasteiger partial charge in [-0.1, -0.05) is 11.6 Å². The number of benzene rings is 1. The van der Waals surface area contributed by atoms with Crippen LogP contribution in [0.5, 0.6) is 0 Å². The minimum absolute atomic E-state index is 0.00272. The van der Waals surface area contributed by atoms with Gasteiger partial charge in [-0.25, -0.2) is 4.79 Å². The van der Waals surface area contributed by atoms with Gasteiger partial charge in [0.15, 0.2) is 5.57 Å². The molecule has 0 bridgehead atoms. The maximum Gasteiger partial charge on any atom is 0.346 e. The summed E-state index contributed by atoms with van der Waals surface area (Å²) in [6.45, 7) is 1.54. The second-order valence-electron chi connectivity index (χ2n) is 3.86. The number of esters is 1. The zero-order chi connectivity index (χ0) is 16.0. The summed E-state index contributed by atoms with van der Waals surface area (Å²) in [7, 11) is 1.24. The van der Waals surface area contributed by atoms with Crippen molar-refractivity contribution in [1.29, 1.82) is 0 Å². The van der Waals surface area contributed by atoms with Crippen LogP contribution in [-0.4, -0.2) is 36.4 Å². The molecule has 0 unspecified atom stereocenters. The third-order valence-electron chi connectivity index (χ3n) is 2.49. The number of aliphatic hydroxyl groups excluding tert-OH is 1. The third-order valence-corrected chi connectivity index (χ3v) is 2.75. The van der Waals surface area contributed by atoms with Gasteiger partial charge in [0.25, 0.3) is 11.7 Å². The summed E-state index contributed by atoms with van der Waals surface area (Å²) in [5.74, 6) is -3.92. The van der Waals surface area contributed by atoms with Crippen molar-refractivity contribution >= 4 is 35.0 Å². The molecule has 112 valence electrons. The number of ether oxygens (including phenoxy) is 1. The number of halogens is 1. The maximum absolute atomic E-state index is 11.9. The summed E-state index contributed by atoms with van der Waals surface area (Å²) >= 11 is 5.72. The second kappa shape index (κ2) is 7.44. The van der Waals surface area contributed by atoms with Crippen molar-refractivity contribution in [3.8, 4) is 0 Å². The van der Waals surface area contributed by atoms with E-state index in [-0.39, 0.29) is 12.2 Å². The van der Waals surface area contributed by atoms with Gasteiger partial charge >= 0.3 is 5.97 Å². The Hall–Kier alpha value is -2.34. The standard InChI is InChI=1S/C14H14ClNO5/c1-3-21-14(20)10(12(18)13(19)16-2)11(17)8-4-6-9(15)7-5-8/h4-7,17H,3H2,1-2H3,(H,16,19)/b11-10-. The fourth-order valence-corrected chi connectivity index (χ4v) is 1.61. The SMILES string of the molecule is CCOC(=O)/C(C(=O)C(=O)NC)=C(\O)c1ccc(Cl)cc1. The van der Waals surface area contributed by atoms with Crippen LogP contribution in [-0.2, 0) is 19.1 Å². The molecule has 1 rings (SSSR count). The highest BCUT2D eigenvalue weighted by Gasteiger charge is 2.30. The number of carbonyl (C=O) groups is 3. The Bertz CT molecular complexity index is 592. The molecule has 1 aromatic rings. The number of aliphatic hydroxyl groups is 1. The molecular weight excluding hydrogens is 298 g/mol. The first-order valence-corrected chi connectivity index (χ1v) is 6.42. The number of amides is 1. The Kier molecular flexibility index (Phi) is 5.92. The average molecular weight is 312 g/mol. The predicted molar refractivity (Wildman–Crippen MR) is 76.7 cm³/mol. The van der Waals surface area contributed by atoms with E-state index in [0.29, 0.717) is 5.02 Å². The summed E-state index contributed by atoms with van der Waals surface area (Å²) in [6, 6.07) is 5.77. The number of hydrogen-bond acceptors (Lipinski definition) is 5. The first-order chi connectivity index (χ1) is 9.92. The van der Waals surface area contributed by atoms with Gasteiger partial charge in [0, 0.05) is 17.6 Å². The first kappa shape index (κ1) is 16.7. The quantitative estimate of drug-likeness (QED) is 0.215. The predicted octanol–water partition coefficient (Wildman–Crippen LogP) is 1.49. The Balaban J connectivity index is 3.36. The van der Waals surface area contributed by atoms with E-state index in [2.05, 4.69) is 5.32 Å². The van der Waals surface area contributed by atoms with E-state index in [1.165, 1.54) is 31.3 Å². The Labute approximate surface area is 126 Å². The smallest absolute Gasteiger partial charge is 0.346 e. The van der Waals surface area contributed by atoms with Crippen LogP contribution in [0.25, 0.3) is 5.76 Å². The van der Waals surface area contributed by atoms with Crippen molar-refractivity contribution in [2.24, 2.45) is 0 Å². The molecule has 1 aromatic carbocycles. The van der Waals surface area contributed by atoms with Crippen LogP contribution in [0.1, 0.15) is 12.5 Å². The molecule has 0 spiro atoms. The monoisotopic (exact) mass is 311 g/mol. The van der Waals surface area contributed by atoms with Crippen LogP contribution in [0, 0.1) is 0 Å². The van der Waals surface area contributed by atoms with E-state index >= 15 is 0 Å². The van der Waals surface area contributed by atoms with Gasteiger partial charge in [-0.2, -0.15) is 0 Å². The minimum atomic E-state index is -1.18. The van der Waals surface area contributed by atoms with E-state index in [1.807, 2.05) is 0 Å². The zero-order valence-corrected chi connectivity index (χ0v) is 12.2. The second-order valence-corrected chi connectivity index (χ2v) is 4.30. The summed E-state index contributed by atoms with van der Waals surface area (Å²) < 4.78 is 4.70. The van der Waals surface area contributed by atoms with Crippen molar-refractivity contribution in [3.63, 3.8) is 0 Å². The van der Waals surface area contributed by atoms with E-state index in [9.17, 15) is 19.5 Å². The number of nitrogens with one attached hydrogen (secondary N) is 1. The molecule has 0 fully saturated rings. The highest BCUT2D eigenvalue weighted by atomic mass is 35.5. The highest BCUT2D eigenvalue weighted by molar-refractivity contribution is 6.49. The van der Waals surface area contributed by atoms with Gasteiger partial charge in [0.1, 0.15) is 5.76 Å². The largest absolute Gasteiger partial charge is 0.506 e. The molecule has 0 atom stereocenters. The minimum Gasteiger partial charge on any atom is -0.506 e. The first-order valence-electron chi connectivity index (χ1n) is 6.05. The lowest BCUT2D eigenvalue weighted by Crippen LogP contribution is -2.32. The number of carbonyl (C=O) groups excluding carboxylic acids is 3. The molecular formula is C14H14ClNO5. The van der Waals surface area contributed by atoms with Gasteiger partial charge in [0.2, 0.25) is 0 Å². The molecule has 0 aliphatic carbocycles. The zero-order valence-electron chi connectivity index (χ0n) is 11.5. The molecule has 0 saturated heterocycles. The van der Waals surface area contributed by atoms with Crippen molar-refractivity contribution < 1.29 is 24.2 Å². The molecule has 1 amide bonds. The van der Waals surface area contributed by atoms with Crippen LogP contribution in [0.4, 0.5) is 0 Å². The molecule has 0 aliphatic heterocycles. The molecule has 2 N–H and O–H groups in total. The molecule has 6 nitrogen and oxygen atoms in total. The molecule has 0 heterocycles. The van der Waals surface area contributed by atoms with Crippen molar-refractivity contribution in [3.05, 3.63) is 40.4 Å².